The summed E-state index contributed by atoms with van der Waals surface area (Å²) in [5, 5.41) is 12.1. The number of aliphatic carboxylic acids is 1. The van der Waals surface area contributed by atoms with Crippen molar-refractivity contribution in [2.24, 2.45) is 11.8 Å². The summed E-state index contributed by atoms with van der Waals surface area (Å²) in [5.74, 6) is 0.423. The van der Waals surface area contributed by atoms with Crippen LogP contribution in [0.2, 0.25) is 0 Å². The molecule has 0 saturated carbocycles. The average Bonchev–Trinajstić information content (AvgIpc) is 2.61. The van der Waals surface area contributed by atoms with Gasteiger partial charge in [-0.2, -0.15) is 0 Å². The van der Waals surface area contributed by atoms with E-state index in [0.29, 0.717) is 17.5 Å². The number of thioether (sulfide) groups is 1. The van der Waals surface area contributed by atoms with Gasteiger partial charge in [-0.1, -0.05) is 6.92 Å². The van der Waals surface area contributed by atoms with E-state index in [4.69, 9.17) is 5.11 Å². The van der Waals surface area contributed by atoms with Crippen molar-refractivity contribution in [3.05, 3.63) is 0 Å². The lowest BCUT2D eigenvalue weighted by Crippen LogP contribution is -2.52. The predicted molar refractivity (Wildman–Crippen MR) is 61.1 cm³/mol. The van der Waals surface area contributed by atoms with Crippen LogP contribution < -0.4 is 5.32 Å². The minimum atomic E-state index is -0.891. The third kappa shape index (κ3) is 2.04. The molecule has 2 fully saturated rings. The quantitative estimate of drug-likeness (QED) is 0.721. The van der Waals surface area contributed by atoms with Gasteiger partial charge in [-0.15, -0.1) is 11.8 Å². The molecule has 2 heterocycles. The molecule has 2 aliphatic heterocycles. The van der Waals surface area contributed by atoms with Gasteiger partial charge >= 0.3 is 5.97 Å². The van der Waals surface area contributed by atoms with Crippen LogP contribution >= 0.6 is 11.8 Å². The molecule has 0 bridgehead atoms. The molecule has 1 amide bonds. The maximum Gasteiger partial charge on any atom is 0.327 e. The average molecular weight is 244 g/mol. The molecule has 2 aliphatic rings. The molecular weight excluding hydrogens is 228 g/mol. The lowest BCUT2D eigenvalue weighted by molar-refractivity contribution is -0.150. The van der Waals surface area contributed by atoms with Gasteiger partial charge in [-0.25, -0.2) is 4.79 Å². The number of hydrogen-bond acceptors (Lipinski definition) is 4. The number of carboxylic acids is 1. The van der Waals surface area contributed by atoms with E-state index < -0.39 is 12.0 Å². The van der Waals surface area contributed by atoms with E-state index in [-0.39, 0.29) is 11.8 Å². The largest absolute Gasteiger partial charge is 0.480 e. The third-order valence-corrected chi connectivity index (χ3v) is 4.37. The number of hydrogen-bond donors (Lipinski definition) is 2. The van der Waals surface area contributed by atoms with Crippen molar-refractivity contribution in [1.29, 1.82) is 0 Å². The summed E-state index contributed by atoms with van der Waals surface area (Å²) in [7, 11) is 0. The molecule has 0 aromatic rings. The zero-order chi connectivity index (χ0) is 11.7. The number of amides is 1. The highest BCUT2D eigenvalue weighted by Gasteiger charge is 2.39. The Morgan fingerprint density at radius 3 is 2.69 bits per heavy atom. The Balaban J connectivity index is 1.99. The standard InChI is InChI=1S/C10H16N2O3S/c1-6(7-2-11-3-7)9(13)12-5-16-4-8(12)10(14)15/h6-8,11H,2-5H2,1H3,(H,14,15)/t6?,8-/m0/s1. The van der Waals surface area contributed by atoms with Gasteiger partial charge in [0, 0.05) is 11.7 Å². The summed E-state index contributed by atoms with van der Waals surface area (Å²) in [5.41, 5.74) is 0. The van der Waals surface area contributed by atoms with Crippen molar-refractivity contribution in [3.63, 3.8) is 0 Å². The van der Waals surface area contributed by atoms with Crippen LogP contribution in [0.25, 0.3) is 0 Å². The number of nitrogens with one attached hydrogen (secondary N) is 1. The van der Waals surface area contributed by atoms with E-state index in [1.54, 1.807) is 0 Å². The van der Waals surface area contributed by atoms with E-state index in [1.807, 2.05) is 6.92 Å². The van der Waals surface area contributed by atoms with Crippen LogP contribution in [0.4, 0.5) is 0 Å². The normalized spacial score (nSPS) is 27.6. The van der Waals surface area contributed by atoms with Crippen LogP contribution in [0, 0.1) is 11.8 Å². The number of rotatable bonds is 3. The molecule has 1 unspecified atom stereocenters. The van der Waals surface area contributed by atoms with Crippen molar-refractivity contribution < 1.29 is 14.7 Å². The molecule has 6 heteroatoms. The van der Waals surface area contributed by atoms with Crippen molar-refractivity contribution in [2.45, 2.75) is 13.0 Å². The van der Waals surface area contributed by atoms with Crippen molar-refractivity contribution >= 4 is 23.6 Å². The van der Waals surface area contributed by atoms with E-state index in [1.165, 1.54) is 16.7 Å². The number of carboxylic acid groups (broad SMARTS) is 1. The Morgan fingerprint density at radius 1 is 1.50 bits per heavy atom. The smallest absolute Gasteiger partial charge is 0.327 e. The maximum atomic E-state index is 12.1. The summed E-state index contributed by atoms with van der Waals surface area (Å²) in [6, 6.07) is -0.631. The Hall–Kier alpha value is -0.750. The Kier molecular flexibility index (Phi) is 3.39. The minimum Gasteiger partial charge on any atom is -0.480 e. The third-order valence-electron chi connectivity index (χ3n) is 3.36. The molecule has 0 aromatic carbocycles. The first kappa shape index (κ1) is 11.7. The fourth-order valence-corrected chi connectivity index (χ4v) is 3.15. The molecule has 90 valence electrons. The number of carbonyl (C=O) groups excluding carboxylic acids is 1. The summed E-state index contributed by atoms with van der Waals surface area (Å²) in [4.78, 5) is 24.6. The van der Waals surface area contributed by atoms with Gasteiger partial charge < -0.3 is 15.3 Å². The van der Waals surface area contributed by atoms with Gasteiger partial charge in [0.25, 0.3) is 0 Å². The molecule has 2 rings (SSSR count). The summed E-state index contributed by atoms with van der Waals surface area (Å²) < 4.78 is 0. The number of carbonyl (C=O) groups is 2. The first-order valence-electron chi connectivity index (χ1n) is 5.43. The predicted octanol–water partition coefficient (Wildman–Crippen LogP) is -0.172. The molecule has 0 aromatic heterocycles. The maximum absolute atomic E-state index is 12.1. The Morgan fingerprint density at radius 2 is 2.19 bits per heavy atom. The lowest BCUT2D eigenvalue weighted by atomic mass is 9.88. The van der Waals surface area contributed by atoms with Gasteiger partial charge in [0.1, 0.15) is 6.04 Å². The van der Waals surface area contributed by atoms with Gasteiger partial charge in [-0.3, -0.25) is 4.79 Å². The van der Waals surface area contributed by atoms with Gasteiger partial charge in [-0.05, 0) is 19.0 Å². The summed E-state index contributed by atoms with van der Waals surface area (Å²) >= 11 is 1.51. The van der Waals surface area contributed by atoms with Crippen LogP contribution in [0.3, 0.4) is 0 Å². The van der Waals surface area contributed by atoms with Crippen molar-refractivity contribution in [2.75, 3.05) is 24.7 Å². The van der Waals surface area contributed by atoms with E-state index in [9.17, 15) is 9.59 Å². The zero-order valence-corrected chi connectivity index (χ0v) is 10.00. The van der Waals surface area contributed by atoms with E-state index in [2.05, 4.69) is 5.32 Å². The monoisotopic (exact) mass is 244 g/mol. The van der Waals surface area contributed by atoms with E-state index in [0.717, 1.165) is 13.1 Å². The summed E-state index contributed by atoms with van der Waals surface area (Å²) in [6.07, 6.45) is 0. The second kappa shape index (κ2) is 4.63. The van der Waals surface area contributed by atoms with Crippen LogP contribution in [-0.4, -0.2) is 52.6 Å². The molecule has 2 N–H and O–H groups in total. The fourth-order valence-electron chi connectivity index (χ4n) is 1.99. The SMILES string of the molecule is CC(C(=O)N1CSC[C@H]1C(=O)O)C1CNC1. The second-order valence-electron chi connectivity index (χ2n) is 4.37. The van der Waals surface area contributed by atoms with Crippen LogP contribution in [-0.2, 0) is 9.59 Å². The van der Waals surface area contributed by atoms with Crippen LogP contribution in [0.5, 0.6) is 0 Å². The highest BCUT2D eigenvalue weighted by molar-refractivity contribution is 7.99. The molecule has 2 atom stereocenters. The van der Waals surface area contributed by atoms with Crippen molar-refractivity contribution in [3.8, 4) is 0 Å². The highest BCUT2D eigenvalue weighted by atomic mass is 32.2. The van der Waals surface area contributed by atoms with Crippen LogP contribution in [0.15, 0.2) is 0 Å². The molecule has 0 spiro atoms. The zero-order valence-electron chi connectivity index (χ0n) is 9.18. The summed E-state index contributed by atoms with van der Waals surface area (Å²) in [6.45, 7) is 3.63. The molecule has 5 nitrogen and oxygen atoms in total. The Labute approximate surface area is 98.6 Å². The molecule has 0 aliphatic carbocycles. The van der Waals surface area contributed by atoms with Crippen LogP contribution in [0.1, 0.15) is 6.92 Å². The fraction of sp³-hybridized carbons (Fsp3) is 0.800. The first-order valence-corrected chi connectivity index (χ1v) is 6.58. The van der Waals surface area contributed by atoms with Gasteiger partial charge in [0.2, 0.25) is 5.91 Å². The second-order valence-corrected chi connectivity index (χ2v) is 5.37. The topological polar surface area (TPSA) is 69.6 Å². The first-order chi connectivity index (χ1) is 7.61. The Bertz CT molecular complexity index is 306. The van der Waals surface area contributed by atoms with E-state index >= 15 is 0 Å². The minimum absolute atomic E-state index is 0.0103. The van der Waals surface area contributed by atoms with Gasteiger partial charge in [0.15, 0.2) is 0 Å². The molecular formula is C10H16N2O3S. The van der Waals surface area contributed by atoms with Gasteiger partial charge in [0.05, 0.1) is 5.88 Å². The molecule has 2 saturated heterocycles. The van der Waals surface area contributed by atoms with Crippen molar-refractivity contribution in [1.82, 2.24) is 10.2 Å². The lowest BCUT2D eigenvalue weighted by Gasteiger charge is -2.34. The highest BCUT2D eigenvalue weighted by Crippen LogP contribution is 2.26. The molecule has 16 heavy (non-hydrogen) atoms. The number of nitrogens with zero attached hydrogens (tertiary/aromatic N) is 1. The molecule has 0 radical (unpaired) electrons.